The second kappa shape index (κ2) is 5.75. The van der Waals surface area contributed by atoms with Crippen molar-refractivity contribution in [2.75, 3.05) is 17.4 Å². The monoisotopic (exact) mass is 343 g/mol. The highest BCUT2D eigenvalue weighted by molar-refractivity contribution is 6.54. The molecule has 2 heterocycles. The molecule has 0 saturated carbocycles. The smallest absolute Gasteiger partial charge is 0.281 e. The first-order valence-corrected chi connectivity index (χ1v) is 7.54. The standard InChI is InChI=1S/C17H14FN3O4/c18-11-3-9(16-10(4-11)7-24-8-25-16)6-21-14-2-1-12(19)5-13(14)15(20-23)17(21)22/h1-5,23H,6-8,19H2/b20-15-. The lowest BCUT2D eigenvalue weighted by atomic mass is 10.1. The van der Waals surface area contributed by atoms with E-state index in [4.69, 9.17) is 15.2 Å². The summed E-state index contributed by atoms with van der Waals surface area (Å²) in [5.41, 5.74) is 8.16. The maximum absolute atomic E-state index is 13.9. The Hall–Kier alpha value is -3.13. The van der Waals surface area contributed by atoms with E-state index in [0.717, 1.165) is 0 Å². The Morgan fingerprint density at radius 3 is 2.96 bits per heavy atom. The van der Waals surface area contributed by atoms with Gasteiger partial charge in [-0.15, -0.1) is 0 Å². The Morgan fingerprint density at radius 1 is 1.32 bits per heavy atom. The number of rotatable bonds is 2. The molecule has 0 aliphatic carbocycles. The van der Waals surface area contributed by atoms with E-state index >= 15 is 0 Å². The first kappa shape index (κ1) is 15.4. The van der Waals surface area contributed by atoms with Crippen LogP contribution in [-0.2, 0) is 22.7 Å². The highest BCUT2D eigenvalue weighted by atomic mass is 19.1. The summed E-state index contributed by atoms with van der Waals surface area (Å²) in [5.74, 6) is -0.428. The van der Waals surface area contributed by atoms with Crippen LogP contribution in [0.3, 0.4) is 0 Å². The molecule has 0 saturated heterocycles. The molecule has 25 heavy (non-hydrogen) atoms. The number of amides is 1. The van der Waals surface area contributed by atoms with Gasteiger partial charge < -0.3 is 25.3 Å². The van der Waals surface area contributed by atoms with Crippen LogP contribution in [0.2, 0.25) is 0 Å². The van der Waals surface area contributed by atoms with E-state index in [2.05, 4.69) is 5.16 Å². The van der Waals surface area contributed by atoms with Gasteiger partial charge in [-0.1, -0.05) is 5.16 Å². The normalized spacial score (nSPS) is 17.4. The van der Waals surface area contributed by atoms with Gasteiger partial charge in [-0.25, -0.2) is 4.39 Å². The molecule has 7 nitrogen and oxygen atoms in total. The Kier molecular flexibility index (Phi) is 3.54. The van der Waals surface area contributed by atoms with E-state index in [1.807, 2.05) is 0 Å². The van der Waals surface area contributed by atoms with Crippen LogP contribution in [0.15, 0.2) is 35.5 Å². The van der Waals surface area contributed by atoms with Crippen molar-refractivity contribution in [3.8, 4) is 5.75 Å². The topological polar surface area (TPSA) is 97.4 Å². The van der Waals surface area contributed by atoms with Crippen LogP contribution in [0.4, 0.5) is 15.8 Å². The van der Waals surface area contributed by atoms with E-state index in [-0.39, 0.29) is 25.7 Å². The molecule has 0 spiro atoms. The van der Waals surface area contributed by atoms with Crippen molar-refractivity contribution in [1.29, 1.82) is 0 Å². The van der Waals surface area contributed by atoms with Gasteiger partial charge in [0.15, 0.2) is 12.5 Å². The van der Waals surface area contributed by atoms with Crippen molar-refractivity contribution >= 4 is 23.0 Å². The van der Waals surface area contributed by atoms with E-state index < -0.39 is 11.7 Å². The summed E-state index contributed by atoms with van der Waals surface area (Å²) >= 11 is 0. The third kappa shape index (κ3) is 2.47. The molecule has 2 aromatic rings. The quantitative estimate of drug-likeness (QED) is 0.494. The summed E-state index contributed by atoms with van der Waals surface area (Å²) in [5, 5.41) is 12.3. The minimum atomic E-state index is -0.492. The van der Waals surface area contributed by atoms with Gasteiger partial charge in [-0.05, 0) is 30.3 Å². The van der Waals surface area contributed by atoms with Crippen molar-refractivity contribution in [3.05, 3.63) is 52.8 Å². The number of carbonyl (C=O) groups excluding carboxylic acids is 1. The molecule has 8 heteroatoms. The van der Waals surface area contributed by atoms with Crippen molar-refractivity contribution in [3.63, 3.8) is 0 Å². The summed E-state index contributed by atoms with van der Waals surface area (Å²) in [6.45, 7) is 0.370. The molecule has 0 fully saturated rings. The number of halogens is 1. The summed E-state index contributed by atoms with van der Waals surface area (Å²) in [7, 11) is 0. The minimum absolute atomic E-state index is 0.0643. The summed E-state index contributed by atoms with van der Waals surface area (Å²) in [6.07, 6.45) is 0. The number of carbonyl (C=O) groups is 1. The predicted molar refractivity (Wildman–Crippen MR) is 87.1 cm³/mol. The van der Waals surface area contributed by atoms with Gasteiger partial charge in [0.05, 0.1) is 18.8 Å². The summed E-state index contributed by atoms with van der Waals surface area (Å²) in [6, 6.07) is 7.54. The fraction of sp³-hybridized carbons (Fsp3) is 0.176. The molecular weight excluding hydrogens is 329 g/mol. The molecule has 0 unspecified atom stereocenters. The number of hydrogen-bond acceptors (Lipinski definition) is 6. The van der Waals surface area contributed by atoms with Gasteiger partial charge in [0.1, 0.15) is 11.6 Å². The number of hydrogen-bond donors (Lipinski definition) is 2. The maximum Gasteiger partial charge on any atom is 0.281 e. The number of benzene rings is 2. The highest BCUT2D eigenvalue weighted by Crippen LogP contribution is 2.36. The van der Waals surface area contributed by atoms with Crippen LogP contribution < -0.4 is 15.4 Å². The molecule has 3 N–H and O–H groups in total. The van der Waals surface area contributed by atoms with Crippen molar-refractivity contribution in [1.82, 2.24) is 0 Å². The number of nitrogens with two attached hydrogens (primary N) is 1. The number of anilines is 2. The van der Waals surface area contributed by atoms with Gasteiger partial charge >= 0.3 is 0 Å². The van der Waals surface area contributed by atoms with Gasteiger partial charge in [0.2, 0.25) is 0 Å². The average molecular weight is 343 g/mol. The molecular formula is C17H14FN3O4. The van der Waals surface area contributed by atoms with Crippen molar-refractivity contribution in [2.45, 2.75) is 13.2 Å². The lowest BCUT2D eigenvalue weighted by Crippen LogP contribution is -2.30. The molecule has 128 valence electrons. The third-order valence-electron chi connectivity index (χ3n) is 4.19. The van der Waals surface area contributed by atoms with E-state index in [1.165, 1.54) is 17.0 Å². The van der Waals surface area contributed by atoms with E-state index in [9.17, 15) is 14.4 Å². The zero-order chi connectivity index (χ0) is 17.6. The molecule has 0 bridgehead atoms. The molecule has 0 atom stereocenters. The number of fused-ring (bicyclic) bond motifs is 2. The number of nitrogen functional groups attached to an aromatic ring is 1. The lowest BCUT2D eigenvalue weighted by Gasteiger charge is -2.24. The lowest BCUT2D eigenvalue weighted by molar-refractivity contribution is -0.112. The van der Waals surface area contributed by atoms with Gasteiger partial charge in [-0.2, -0.15) is 0 Å². The minimum Gasteiger partial charge on any atom is -0.467 e. The zero-order valence-electron chi connectivity index (χ0n) is 13.0. The van der Waals surface area contributed by atoms with Crippen molar-refractivity contribution in [2.24, 2.45) is 5.16 Å². The summed E-state index contributed by atoms with van der Waals surface area (Å²) < 4.78 is 24.6. The van der Waals surface area contributed by atoms with E-state index in [0.29, 0.717) is 33.8 Å². The van der Waals surface area contributed by atoms with Crippen LogP contribution in [0, 0.1) is 5.82 Å². The molecule has 0 aromatic heterocycles. The number of oxime groups is 1. The second-order valence-electron chi connectivity index (χ2n) is 5.78. The number of ether oxygens (including phenoxy) is 2. The molecule has 2 aliphatic rings. The van der Waals surface area contributed by atoms with Gasteiger partial charge in [0.25, 0.3) is 5.91 Å². The Morgan fingerprint density at radius 2 is 2.16 bits per heavy atom. The first-order chi connectivity index (χ1) is 12.1. The maximum atomic E-state index is 13.9. The molecule has 2 aliphatic heterocycles. The van der Waals surface area contributed by atoms with Crippen LogP contribution in [0.1, 0.15) is 16.7 Å². The SMILES string of the molecule is Nc1ccc2c(c1)/C(=N/O)C(=O)N2Cc1cc(F)cc2c1OCOC2. The Balaban J connectivity index is 1.78. The van der Waals surface area contributed by atoms with Crippen molar-refractivity contribution < 1.29 is 23.9 Å². The van der Waals surface area contributed by atoms with Crippen LogP contribution >= 0.6 is 0 Å². The molecule has 1 amide bonds. The second-order valence-corrected chi connectivity index (χ2v) is 5.78. The molecule has 2 aromatic carbocycles. The van der Waals surface area contributed by atoms with Crippen LogP contribution in [0.25, 0.3) is 0 Å². The first-order valence-electron chi connectivity index (χ1n) is 7.54. The highest BCUT2D eigenvalue weighted by Gasteiger charge is 2.35. The Bertz CT molecular complexity index is 913. The molecule has 0 radical (unpaired) electrons. The molecule has 4 rings (SSSR count). The van der Waals surface area contributed by atoms with E-state index in [1.54, 1.807) is 18.2 Å². The summed E-state index contributed by atoms with van der Waals surface area (Å²) in [4.78, 5) is 14.0. The fourth-order valence-electron chi connectivity index (χ4n) is 3.13. The van der Waals surface area contributed by atoms with Gasteiger partial charge in [-0.3, -0.25) is 4.79 Å². The van der Waals surface area contributed by atoms with Crippen LogP contribution in [-0.4, -0.2) is 23.6 Å². The third-order valence-corrected chi connectivity index (χ3v) is 4.19. The zero-order valence-corrected chi connectivity index (χ0v) is 13.0. The fourth-order valence-corrected chi connectivity index (χ4v) is 3.13. The predicted octanol–water partition coefficient (Wildman–Crippen LogP) is 2.00. The Labute approximate surface area is 142 Å². The largest absolute Gasteiger partial charge is 0.467 e. The average Bonchev–Trinajstić information content (AvgIpc) is 2.85. The van der Waals surface area contributed by atoms with Crippen LogP contribution in [0.5, 0.6) is 5.75 Å². The van der Waals surface area contributed by atoms with Gasteiger partial charge in [0, 0.05) is 22.4 Å². The number of nitrogens with zero attached hydrogens (tertiary/aromatic N) is 2.